The Morgan fingerprint density at radius 1 is 1.23 bits per heavy atom. The number of aryl methyl sites for hydroxylation is 2. The maximum atomic E-state index is 5.92. The van der Waals surface area contributed by atoms with Crippen LogP contribution in [0.15, 0.2) is 28.8 Å². The Kier molecular flexibility index (Phi) is 4.31. The van der Waals surface area contributed by atoms with Gasteiger partial charge in [0, 0.05) is 29.5 Å². The molecule has 0 spiro atoms. The summed E-state index contributed by atoms with van der Waals surface area (Å²) in [4.78, 5) is 17.7. The molecule has 1 fully saturated rings. The number of nitrogens with one attached hydrogen (secondary N) is 2. The molecule has 4 aromatic heterocycles. The maximum absolute atomic E-state index is 5.92. The first kappa shape index (κ1) is 18.6. The van der Waals surface area contributed by atoms with Gasteiger partial charge < -0.3 is 14.6 Å². The standard InChI is InChI=1S/C22H23N7OS/c1-12-4-3-5-18(24-12)26-22-27-19-15-10-23-28-20(15)29(9-8-17(19)31-22)11-16-13(2)30-21(25-16)14-6-7-14/h3-5,10,14H,6-9,11H2,1-2H3,(H,23,28)(H,24,26,27). The van der Waals surface area contributed by atoms with Crippen LogP contribution in [0.25, 0.3) is 11.3 Å². The number of fused-ring (bicyclic) bond motifs is 3. The van der Waals surface area contributed by atoms with Crippen molar-refractivity contribution < 1.29 is 4.42 Å². The first-order valence-electron chi connectivity index (χ1n) is 10.6. The number of rotatable bonds is 5. The van der Waals surface area contributed by atoms with Crippen LogP contribution in [0.2, 0.25) is 0 Å². The Labute approximate surface area is 183 Å². The molecule has 9 heteroatoms. The summed E-state index contributed by atoms with van der Waals surface area (Å²) in [6, 6.07) is 5.94. The Morgan fingerprint density at radius 3 is 2.97 bits per heavy atom. The number of aromatic amines is 1. The molecule has 5 heterocycles. The molecule has 31 heavy (non-hydrogen) atoms. The van der Waals surface area contributed by atoms with Crippen molar-refractivity contribution in [3.05, 3.63) is 52.3 Å². The van der Waals surface area contributed by atoms with Crippen molar-refractivity contribution in [3.8, 4) is 11.3 Å². The average Bonchev–Trinajstić information content (AvgIpc) is 3.22. The van der Waals surface area contributed by atoms with Crippen LogP contribution in [-0.4, -0.2) is 31.7 Å². The quantitative estimate of drug-likeness (QED) is 0.470. The molecule has 158 valence electrons. The number of anilines is 3. The minimum absolute atomic E-state index is 0.518. The highest BCUT2D eigenvalue weighted by atomic mass is 32.1. The molecule has 4 aromatic rings. The lowest BCUT2D eigenvalue weighted by Gasteiger charge is -2.21. The Hall–Kier alpha value is -3.20. The highest BCUT2D eigenvalue weighted by Gasteiger charge is 2.31. The lowest BCUT2D eigenvalue weighted by Crippen LogP contribution is -2.25. The molecule has 0 bridgehead atoms. The molecule has 1 aliphatic heterocycles. The van der Waals surface area contributed by atoms with Crippen molar-refractivity contribution in [1.82, 2.24) is 25.1 Å². The van der Waals surface area contributed by atoms with E-state index in [1.165, 1.54) is 17.7 Å². The fourth-order valence-corrected chi connectivity index (χ4v) is 4.96. The Morgan fingerprint density at radius 2 is 2.13 bits per heavy atom. The highest BCUT2D eigenvalue weighted by Crippen LogP contribution is 2.42. The van der Waals surface area contributed by atoms with Gasteiger partial charge in [0.15, 0.2) is 11.0 Å². The lowest BCUT2D eigenvalue weighted by molar-refractivity contribution is 0.472. The second-order valence-corrected chi connectivity index (χ2v) is 9.30. The van der Waals surface area contributed by atoms with Gasteiger partial charge in [-0.15, -0.1) is 11.3 Å². The van der Waals surface area contributed by atoms with Gasteiger partial charge in [-0.2, -0.15) is 5.10 Å². The fraction of sp³-hybridized carbons (Fsp3) is 0.364. The van der Waals surface area contributed by atoms with Crippen molar-refractivity contribution in [3.63, 3.8) is 0 Å². The van der Waals surface area contributed by atoms with Gasteiger partial charge in [-0.25, -0.2) is 15.0 Å². The molecule has 0 radical (unpaired) electrons. The third kappa shape index (κ3) is 3.48. The minimum atomic E-state index is 0.518. The minimum Gasteiger partial charge on any atom is -0.445 e. The third-order valence-corrected chi connectivity index (χ3v) is 6.83. The second-order valence-electron chi connectivity index (χ2n) is 8.21. The van der Waals surface area contributed by atoms with Crippen molar-refractivity contribution in [2.45, 2.75) is 45.6 Å². The Balaban J connectivity index is 1.28. The van der Waals surface area contributed by atoms with E-state index in [2.05, 4.69) is 25.4 Å². The number of nitrogens with zero attached hydrogens (tertiary/aromatic N) is 5. The van der Waals surface area contributed by atoms with Crippen LogP contribution in [-0.2, 0) is 13.0 Å². The van der Waals surface area contributed by atoms with Crippen LogP contribution in [0, 0.1) is 13.8 Å². The average molecular weight is 434 g/mol. The molecule has 2 N–H and O–H groups in total. The van der Waals surface area contributed by atoms with E-state index >= 15 is 0 Å². The number of hydrogen-bond acceptors (Lipinski definition) is 8. The van der Waals surface area contributed by atoms with Crippen molar-refractivity contribution >= 4 is 28.1 Å². The number of oxazole rings is 1. The van der Waals surface area contributed by atoms with Gasteiger partial charge in [0.25, 0.3) is 0 Å². The first-order valence-corrected chi connectivity index (χ1v) is 11.4. The van der Waals surface area contributed by atoms with Gasteiger partial charge in [-0.05, 0) is 38.8 Å². The predicted molar refractivity (Wildman–Crippen MR) is 120 cm³/mol. The smallest absolute Gasteiger partial charge is 0.197 e. The Bertz CT molecular complexity index is 1250. The van der Waals surface area contributed by atoms with Crippen LogP contribution in [0.3, 0.4) is 0 Å². The van der Waals surface area contributed by atoms with Gasteiger partial charge in [0.05, 0.1) is 24.0 Å². The topological polar surface area (TPSA) is 95.8 Å². The number of pyridine rings is 1. The molecule has 0 unspecified atom stereocenters. The van der Waals surface area contributed by atoms with Gasteiger partial charge in [-0.3, -0.25) is 5.10 Å². The lowest BCUT2D eigenvalue weighted by atomic mass is 10.2. The largest absolute Gasteiger partial charge is 0.445 e. The van der Waals surface area contributed by atoms with Gasteiger partial charge in [-0.1, -0.05) is 6.07 Å². The molecule has 2 aliphatic rings. The molecule has 6 rings (SSSR count). The molecule has 0 atom stereocenters. The molecule has 1 aliphatic carbocycles. The maximum Gasteiger partial charge on any atom is 0.197 e. The van der Waals surface area contributed by atoms with Gasteiger partial charge in [0.1, 0.15) is 23.1 Å². The van der Waals surface area contributed by atoms with Gasteiger partial charge in [0.2, 0.25) is 0 Å². The number of H-pyrrole nitrogens is 1. The van der Waals surface area contributed by atoms with E-state index in [1.54, 1.807) is 11.3 Å². The van der Waals surface area contributed by atoms with Crippen LogP contribution >= 0.6 is 11.3 Å². The summed E-state index contributed by atoms with van der Waals surface area (Å²) >= 11 is 1.68. The van der Waals surface area contributed by atoms with E-state index < -0.39 is 0 Å². The summed E-state index contributed by atoms with van der Waals surface area (Å²) in [5.41, 5.74) is 4.00. The zero-order valence-electron chi connectivity index (χ0n) is 17.5. The molecular weight excluding hydrogens is 410 g/mol. The summed E-state index contributed by atoms with van der Waals surface area (Å²) in [5, 5.41) is 11.7. The fourth-order valence-electron chi connectivity index (χ4n) is 3.99. The molecular formula is C22H23N7OS. The van der Waals surface area contributed by atoms with Crippen molar-refractivity contribution in [1.29, 1.82) is 0 Å². The van der Waals surface area contributed by atoms with E-state index in [4.69, 9.17) is 14.4 Å². The number of aromatic nitrogens is 5. The van der Waals surface area contributed by atoms with E-state index in [0.29, 0.717) is 12.5 Å². The molecule has 8 nitrogen and oxygen atoms in total. The summed E-state index contributed by atoms with van der Waals surface area (Å²) in [7, 11) is 0. The molecule has 0 saturated heterocycles. The van der Waals surface area contributed by atoms with E-state index in [0.717, 1.165) is 64.0 Å². The summed E-state index contributed by atoms with van der Waals surface area (Å²) < 4.78 is 5.92. The van der Waals surface area contributed by atoms with E-state index in [9.17, 15) is 0 Å². The number of hydrogen-bond donors (Lipinski definition) is 2. The normalized spacial score (nSPS) is 15.5. The van der Waals surface area contributed by atoms with Crippen LogP contribution in [0.1, 0.15) is 46.7 Å². The highest BCUT2D eigenvalue weighted by molar-refractivity contribution is 7.16. The zero-order chi connectivity index (χ0) is 20.9. The molecule has 1 saturated carbocycles. The van der Waals surface area contributed by atoms with E-state index in [1.807, 2.05) is 38.2 Å². The van der Waals surface area contributed by atoms with E-state index in [-0.39, 0.29) is 0 Å². The molecule has 0 amide bonds. The summed E-state index contributed by atoms with van der Waals surface area (Å²) in [6.07, 6.45) is 5.15. The van der Waals surface area contributed by atoms with Crippen LogP contribution < -0.4 is 10.2 Å². The van der Waals surface area contributed by atoms with Crippen molar-refractivity contribution in [2.75, 3.05) is 16.8 Å². The predicted octanol–water partition coefficient (Wildman–Crippen LogP) is 4.72. The first-order chi connectivity index (χ1) is 15.1. The monoisotopic (exact) mass is 433 g/mol. The van der Waals surface area contributed by atoms with Gasteiger partial charge >= 0.3 is 0 Å². The zero-order valence-corrected chi connectivity index (χ0v) is 18.3. The van der Waals surface area contributed by atoms with Crippen LogP contribution in [0.5, 0.6) is 0 Å². The van der Waals surface area contributed by atoms with Crippen LogP contribution in [0.4, 0.5) is 16.8 Å². The third-order valence-electron chi connectivity index (χ3n) is 5.80. The molecule has 0 aromatic carbocycles. The SMILES string of the molecule is Cc1cccc(Nc2nc3c(s2)CCN(Cc2nc(C4CC4)oc2C)c2[nH]ncc2-3)n1. The number of thiazole rings is 1. The second kappa shape index (κ2) is 7.19. The van der Waals surface area contributed by atoms with Crippen molar-refractivity contribution in [2.24, 2.45) is 0 Å². The summed E-state index contributed by atoms with van der Waals surface area (Å²) in [6.45, 7) is 5.55. The summed E-state index contributed by atoms with van der Waals surface area (Å²) in [5.74, 6) is 4.13.